The number of piperidine rings is 1. The van der Waals surface area contributed by atoms with Gasteiger partial charge in [0.25, 0.3) is 5.91 Å². The van der Waals surface area contributed by atoms with Crippen molar-refractivity contribution in [2.75, 3.05) is 19.6 Å². The van der Waals surface area contributed by atoms with E-state index >= 15 is 0 Å². The molecule has 2 aliphatic rings. The van der Waals surface area contributed by atoms with Crippen LogP contribution in [0.25, 0.3) is 0 Å². The summed E-state index contributed by atoms with van der Waals surface area (Å²) >= 11 is 5.61. The van der Waals surface area contributed by atoms with Crippen LogP contribution < -0.4 is 5.32 Å². The number of amides is 1. The molecule has 19 heavy (non-hydrogen) atoms. The van der Waals surface area contributed by atoms with Gasteiger partial charge in [0.05, 0.1) is 6.20 Å². The summed E-state index contributed by atoms with van der Waals surface area (Å²) in [6.07, 6.45) is 3.44. The first-order valence-electron chi connectivity index (χ1n) is 6.36. The van der Waals surface area contributed by atoms with Gasteiger partial charge in [-0.05, 0) is 25.3 Å². The smallest absolute Gasteiger partial charge is 0.289 e. The number of rotatable bonds is 2. The maximum atomic E-state index is 12.0. The normalized spacial score (nSPS) is 29.2. The van der Waals surface area contributed by atoms with Crippen LogP contribution in [0.3, 0.4) is 0 Å². The molecule has 2 saturated heterocycles. The summed E-state index contributed by atoms with van der Waals surface area (Å²) in [5.41, 5.74) is 0. The van der Waals surface area contributed by atoms with Crippen molar-refractivity contribution >= 4 is 17.5 Å². The van der Waals surface area contributed by atoms with Gasteiger partial charge in [0.15, 0.2) is 0 Å². The van der Waals surface area contributed by atoms with E-state index < -0.39 is 0 Å². The van der Waals surface area contributed by atoms with Gasteiger partial charge in [0.2, 0.25) is 11.7 Å². The number of fused-ring (bicyclic) bond motifs is 2. The van der Waals surface area contributed by atoms with Crippen molar-refractivity contribution in [2.24, 2.45) is 5.92 Å². The number of halogens is 1. The molecule has 1 amide bonds. The van der Waals surface area contributed by atoms with Crippen LogP contribution in [-0.2, 0) is 0 Å². The van der Waals surface area contributed by atoms with E-state index in [1.165, 1.54) is 12.6 Å². The number of hydrogen-bond donors (Lipinski definition) is 2. The first-order chi connectivity index (χ1) is 9.11. The van der Waals surface area contributed by atoms with Crippen LogP contribution in [0.15, 0.2) is 6.20 Å². The SMILES string of the molecule is O=C(N[C@@H]1C[C@@H]2CCN(C2)C1)c1ncc(Cl)c(O)n1. The standard InChI is InChI=1S/C12H15ClN4O2/c13-9-4-14-10(16-11(9)18)12(19)15-8-3-7-1-2-17(5-7)6-8/h4,7-8H,1-3,5-6H2,(H,15,19)(H,14,16,18)/t7-,8+/m0/s1. The number of hydrogen-bond acceptors (Lipinski definition) is 5. The van der Waals surface area contributed by atoms with Crippen molar-refractivity contribution in [3.05, 3.63) is 17.0 Å². The van der Waals surface area contributed by atoms with Gasteiger partial charge in [-0.2, -0.15) is 4.98 Å². The summed E-state index contributed by atoms with van der Waals surface area (Å²) in [5, 5.41) is 12.3. The first-order valence-corrected chi connectivity index (χ1v) is 6.74. The molecule has 1 aromatic rings. The van der Waals surface area contributed by atoms with Crippen molar-refractivity contribution in [3.63, 3.8) is 0 Å². The molecule has 0 spiro atoms. The molecular weight excluding hydrogens is 268 g/mol. The molecular formula is C12H15ClN4O2. The van der Waals surface area contributed by atoms with Crippen LogP contribution in [0.2, 0.25) is 5.02 Å². The Labute approximate surface area is 115 Å². The summed E-state index contributed by atoms with van der Waals surface area (Å²) in [7, 11) is 0. The van der Waals surface area contributed by atoms with Gasteiger partial charge in [0.1, 0.15) is 5.02 Å². The highest BCUT2D eigenvalue weighted by atomic mass is 35.5. The summed E-state index contributed by atoms with van der Waals surface area (Å²) in [5.74, 6) is -0.0952. The average Bonchev–Trinajstić information content (AvgIpc) is 2.72. The fourth-order valence-electron chi connectivity index (χ4n) is 2.88. The lowest BCUT2D eigenvalue weighted by atomic mass is 9.97. The predicted molar refractivity (Wildman–Crippen MR) is 69.1 cm³/mol. The van der Waals surface area contributed by atoms with Crippen molar-refractivity contribution in [2.45, 2.75) is 18.9 Å². The van der Waals surface area contributed by atoms with E-state index in [4.69, 9.17) is 11.6 Å². The van der Waals surface area contributed by atoms with E-state index in [0.717, 1.165) is 26.1 Å². The fraction of sp³-hybridized carbons (Fsp3) is 0.583. The van der Waals surface area contributed by atoms with Gasteiger partial charge in [-0.15, -0.1) is 0 Å². The monoisotopic (exact) mass is 282 g/mol. The third kappa shape index (κ3) is 2.64. The second-order valence-corrected chi connectivity index (χ2v) is 5.59. The maximum Gasteiger partial charge on any atom is 0.289 e. The fourth-order valence-corrected chi connectivity index (χ4v) is 2.97. The number of carbonyl (C=O) groups is 1. The Balaban J connectivity index is 1.66. The Hall–Kier alpha value is -1.40. The Morgan fingerprint density at radius 1 is 1.53 bits per heavy atom. The molecule has 102 valence electrons. The van der Waals surface area contributed by atoms with Gasteiger partial charge in [-0.25, -0.2) is 4.98 Å². The summed E-state index contributed by atoms with van der Waals surface area (Å²) in [6.45, 7) is 3.14. The van der Waals surface area contributed by atoms with Crippen molar-refractivity contribution in [1.82, 2.24) is 20.2 Å². The molecule has 3 atom stereocenters. The Kier molecular flexibility index (Phi) is 3.28. The van der Waals surface area contributed by atoms with E-state index in [2.05, 4.69) is 20.2 Å². The Morgan fingerprint density at radius 3 is 3.11 bits per heavy atom. The zero-order valence-electron chi connectivity index (χ0n) is 10.3. The van der Waals surface area contributed by atoms with E-state index in [-0.39, 0.29) is 28.7 Å². The van der Waals surface area contributed by atoms with Crippen molar-refractivity contribution < 1.29 is 9.90 Å². The third-order valence-corrected chi connectivity index (χ3v) is 4.00. The quantitative estimate of drug-likeness (QED) is 0.833. The predicted octanol–water partition coefficient (Wildman–Crippen LogP) is 0.660. The number of aromatic hydroxyl groups is 1. The third-order valence-electron chi connectivity index (χ3n) is 3.73. The zero-order chi connectivity index (χ0) is 13.4. The van der Waals surface area contributed by atoms with E-state index in [1.807, 2.05) is 0 Å². The Morgan fingerprint density at radius 2 is 2.37 bits per heavy atom. The van der Waals surface area contributed by atoms with Crippen LogP contribution in [0.1, 0.15) is 23.5 Å². The average molecular weight is 283 g/mol. The molecule has 7 heteroatoms. The molecule has 0 aliphatic carbocycles. The highest BCUT2D eigenvalue weighted by molar-refractivity contribution is 6.31. The molecule has 2 aliphatic heterocycles. The second kappa shape index (κ2) is 4.94. The summed E-state index contributed by atoms with van der Waals surface area (Å²) in [4.78, 5) is 21.9. The molecule has 2 N–H and O–H groups in total. The van der Waals surface area contributed by atoms with E-state index in [9.17, 15) is 9.90 Å². The molecule has 1 aromatic heterocycles. The molecule has 6 nitrogen and oxygen atoms in total. The van der Waals surface area contributed by atoms with Gasteiger partial charge >= 0.3 is 0 Å². The molecule has 3 rings (SSSR count). The molecule has 1 unspecified atom stereocenters. The van der Waals surface area contributed by atoms with Gasteiger partial charge in [0, 0.05) is 19.1 Å². The maximum absolute atomic E-state index is 12.0. The van der Waals surface area contributed by atoms with Crippen LogP contribution >= 0.6 is 11.6 Å². The summed E-state index contributed by atoms with van der Waals surface area (Å²) < 4.78 is 0. The lowest BCUT2D eigenvalue weighted by Gasteiger charge is -2.30. The molecule has 2 bridgehead atoms. The van der Waals surface area contributed by atoms with Crippen LogP contribution in [-0.4, -0.2) is 51.6 Å². The Bertz CT molecular complexity index is 499. The molecule has 0 aromatic carbocycles. The second-order valence-electron chi connectivity index (χ2n) is 5.19. The number of nitrogens with zero attached hydrogens (tertiary/aromatic N) is 3. The lowest BCUT2D eigenvalue weighted by Crippen LogP contribution is -2.47. The number of aromatic nitrogens is 2. The highest BCUT2D eigenvalue weighted by Crippen LogP contribution is 2.26. The van der Waals surface area contributed by atoms with Gasteiger partial charge in [-0.3, -0.25) is 4.79 Å². The van der Waals surface area contributed by atoms with Crippen molar-refractivity contribution in [1.29, 1.82) is 0 Å². The summed E-state index contributed by atoms with van der Waals surface area (Å²) in [6, 6.07) is 0.134. The van der Waals surface area contributed by atoms with Crippen LogP contribution in [0.4, 0.5) is 0 Å². The lowest BCUT2D eigenvalue weighted by molar-refractivity contribution is 0.0897. The van der Waals surface area contributed by atoms with Gasteiger partial charge in [-0.1, -0.05) is 11.6 Å². The number of nitrogens with one attached hydrogen (secondary N) is 1. The topological polar surface area (TPSA) is 78.4 Å². The first kappa shape index (κ1) is 12.6. The van der Waals surface area contributed by atoms with E-state index in [0.29, 0.717) is 5.92 Å². The zero-order valence-corrected chi connectivity index (χ0v) is 11.1. The van der Waals surface area contributed by atoms with Crippen molar-refractivity contribution in [3.8, 4) is 5.88 Å². The van der Waals surface area contributed by atoms with Gasteiger partial charge < -0.3 is 15.3 Å². The number of carbonyl (C=O) groups excluding carboxylic acids is 1. The molecule has 0 radical (unpaired) electrons. The molecule has 3 heterocycles. The van der Waals surface area contributed by atoms with E-state index in [1.54, 1.807) is 0 Å². The minimum absolute atomic E-state index is 0.0402. The highest BCUT2D eigenvalue weighted by Gasteiger charge is 2.33. The minimum atomic E-state index is -0.366. The largest absolute Gasteiger partial charge is 0.492 e. The molecule has 0 saturated carbocycles. The molecule has 2 fully saturated rings. The minimum Gasteiger partial charge on any atom is -0.492 e. The van der Waals surface area contributed by atoms with Crippen LogP contribution in [0.5, 0.6) is 5.88 Å². The van der Waals surface area contributed by atoms with Crippen LogP contribution in [0, 0.1) is 5.92 Å².